The molecule has 0 aromatic rings. The maximum absolute atomic E-state index is 11.8. The van der Waals surface area contributed by atoms with Gasteiger partial charge in [0.05, 0.1) is 0 Å². The molecule has 0 aromatic heterocycles. The molecule has 1 unspecified atom stereocenters. The standard InChI is InChI=1S/C7H15FN4O2/c8-4-12-5(6(13)14)2-1-3-11-7(9)10/h5,12H,1-4H2,(H,13,14)(H4,9,10,11). The molecule has 82 valence electrons. The molecule has 14 heavy (non-hydrogen) atoms. The first-order chi connectivity index (χ1) is 6.57. The highest BCUT2D eigenvalue weighted by molar-refractivity contribution is 5.75. The lowest BCUT2D eigenvalue weighted by molar-refractivity contribution is -0.139. The fourth-order valence-corrected chi connectivity index (χ4v) is 0.910. The molecule has 0 fully saturated rings. The van der Waals surface area contributed by atoms with Crippen LogP contribution in [0.1, 0.15) is 12.8 Å². The Labute approximate surface area is 81.2 Å². The van der Waals surface area contributed by atoms with Crippen LogP contribution in [0.25, 0.3) is 0 Å². The molecule has 0 saturated carbocycles. The van der Waals surface area contributed by atoms with Gasteiger partial charge >= 0.3 is 5.97 Å². The van der Waals surface area contributed by atoms with Crippen LogP contribution in [-0.4, -0.2) is 36.4 Å². The summed E-state index contributed by atoms with van der Waals surface area (Å²) in [7, 11) is 0. The van der Waals surface area contributed by atoms with Crippen molar-refractivity contribution in [3.63, 3.8) is 0 Å². The first kappa shape index (κ1) is 12.6. The number of nitrogens with two attached hydrogens (primary N) is 2. The molecular formula is C7H15FN4O2. The summed E-state index contributed by atoms with van der Waals surface area (Å²) in [5, 5.41) is 10.8. The van der Waals surface area contributed by atoms with Crippen molar-refractivity contribution in [2.75, 3.05) is 13.3 Å². The van der Waals surface area contributed by atoms with E-state index in [1.54, 1.807) is 0 Å². The van der Waals surface area contributed by atoms with Crippen LogP contribution in [0.2, 0.25) is 0 Å². The highest BCUT2D eigenvalue weighted by Gasteiger charge is 2.15. The minimum Gasteiger partial charge on any atom is -0.480 e. The number of nitrogens with zero attached hydrogens (tertiary/aromatic N) is 1. The number of halogens is 1. The topological polar surface area (TPSA) is 114 Å². The van der Waals surface area contributed by atoms with Gasteiger partial charge in [0.1, 0.15) is 12.8 Å². The fourth-order valence-electron chi connectivity index (χ4n) is 0.910. The van der Waals surface area contributed by atoms with Crippen LogP contribution >= 0.6 is 0 Å². The van der Waals surface area contributed by atoms with Gasteiger partial charge in [-0.3, -0.25) is 15.1 Å². The largest absolute Gasteiger partial charge is 0.480 e. The lowest BCUT2D eigenvalue weighted by Gasteiger charge is -2.10. The third kappa shape index (κ3) is 6.18. The third-order valence-electron chi connectivity index (χ3n) is 1.57. The van der Waals surface area contributed by atoms with Crippen LogP contribution in [0, 0.1) is 0 Å². The number of hydrogen-bond acceptors (Lipinski definition) is 3. The Balaban J connectivity index is 3.72. The molecular weight excluding hydrogens is 191 g/mol. The molecule has 0 saturated heterocycles. The predicted octanol–water partition coefficient (Wildman–Crippen LogP) is -0.990. The Morgan fingerprint density at radius 1 is 1.57 bits per heavy atom. The molecule has 0 aromatic carbocycles. The van der Waals surface area contributed by atoms with E-state index in [0.29, 0.717) is 13.0 Å². The molecule has 6 nitrogen and oxygen atoms in total. The number of rotatable bonds is 7. The van der Waals surface area contributed by atoms with Crippen LogP contribution in [-0.2, 0) is 4.79 Å². The average molecular weight is 206 g/mol. The molecule has 0 spiro atoms. The average Bonchev–Trinajstić information content (AvgIpc) is 2.09. The van der Waals surface area contributed by atoms with Gasteiger partial charge in [-0.2, -0.15) is 0 Å². The zero-order valence-electron chi connectivity index (χ0n) is 7.74. The van der Waals surface area contributed by atoms with E-state index >= 15 is 0 Å². The van der Waals surface area contributed by atoms with Crippen molar-refractivity contribution < 1.29 is 14.3 Å². The summed E-state index contributed by atoms with van der Waals surface area (Å²) in [5.41, 5.74) is 10.1. The lowest BCUT2D eigenvalue weighted by atomic mass is 10.1. The monoisotopic (exact) mass is 206 g/mol. The summed E-state index contributed by atoms with van der Waals surface area (Å²) in [6.07, 6.45) is 0.776. The van der Waals surface area contributed by atoms with Gasteiger partial charge in [-0.15, -0.1) is 0 Å². The number of hydrogen-bond donors (Lipinski definition) is 4. The first-order valence-corrected chi connectivity index (χ1v) is 4.15. The van der Waals surface area contributed by atoms with Crippen LogP contribution < -0.4 is 16.8 Å². The zero-order chi connectivity index (χ0) is 11.0. The minimum absolute atomic E-state index is 0.0321. The Hall–Kier alpha value is -1.37. The maximum atomic E-state index is 11.8. The molecule has 0 aliphatic carbocycles. The molecule has 0 aliphatic heterocycles. The SMILES string of the molecule is NC(N)=NCCCC(NCF)C(=O)O. The van der Waals surface area contributed by atoms with Gasteiger partial charge in [-0.05, 0) is 12.8 Å². The summed E-state index contributed by atoms with van der Waals surface area (Å²) in [4.78, 5) is 14.2. The number of alkyl halides is 1. The Bertz CT molecular complexity index is 206. The van der Waals surface area contributed by atoms with Crippen LogP contribution in [0.5, 0.6) is 0 Å². The second-order valence-corrected chi connectivity index (χ2v) is 2.68. The lowest BCUT2D eigenvalue weighted by Crippen LogP contribution is -2.36. The Morgan fingerprint density at radius 2 is 2.21 bits per heavy atom. The van der Waals surface area contributed by atoms with Crippen molar-refractivity contribution in [2.24, 2.45) is 16.5 Å². The van der Waals surface area contributed by atoms with Crippen molar-refractivity contribution in [1.29, 1.82) is 0 Å². The molecule has 0 bridgehead atoms. The summed E-state index contributed by atoms with van der Waals surface area (Å²) in [5.74, 6) is -1.11. The Kier molecular flexibility index (Phi) is 6.38. The van der Waals surface area contributed by atoms with Gasteiger partial charge in [-0.25, -0.2) is 4.39 Å². The summed E-state index contributed by atoms with van der Waals surface area (Å²) in [6, 6.07) is -0.880. The molecule has 6 N–H and O–H groups in total. The van der Waals surface area contributed by atoms with Gasteiger partial charge in [0.25, 0.3) is 0 Å². The molecule has 0 radical (unpaired) electrons. The molecule has 1 atom stereocenters. The maximum Gasteiger partial charge on any atom is 0.320 e. The molecule has 0 amide bonds. The number of guanidine groups is 1. The highest BCUT2D eigenvalue weighted by Crippen LogP contribution is 1.98. The van der Waals surface area contributed by atoms with Crippen molar-refractivity contribution in [1.82, 2.24) is 5.32 Å². The van der Waals surface area contributed by atoms with Crippen molar-refractivity contribution >= 4 is 11.9 Å². The first-order valence-electron chi connectivity index (χ1n) is 4.15. The zero-order valence-corrected chi connectivity index (χ0v) is 7.74. The van der Waals surface area contributed by atoms with Crippen LogP contribution in [0.3, 0.4) is 0 Å². The van der Waals surface area contributed by atoms with E-state index in [0.717, 1.165) is 0 Å². The van der Waals surface area contributed by atoms with E-state index in [-0.39, 0.29) is 12.4 Å². The number of carboxylic acid groups (broad SMARTS) is 1. The van der Waals surface area contributed by atoms with E-state index in [9.17, 15) is 9.18 Å². The van der Waals surface area contributed by atoms with E-state index in [1.807, 2.05) is 0 Å². The molecule has 0 heterocycles. The van der Waals surface area contributed by atoms with E-state index in [1.165, 1.54) is 0 Å². The second kappa shape index (κ2) is 7.07. The molecule has 0 rings (SSSR count). The second-order valence-electron chi connectivity index (χ2n) is 2.68. The summed E-state index contributed by atoms with van der Waals surface area (Å²) < 4.78 is 11.8. The molecule has 0 aliphatic rings. The van der Waals surface area contributed by atoms with Gasteiger partial charge in [0, 0.05) is 6.54 Å². The van der Waals surface area contributed by atoms with E-state index in [2.05, 4.69) is 10.3 Å². The quantitative estimate of drug-likeness (QED) is 0.185. The van der Waals surface area contributed by atoms with E-state index in [4.69, 9.17) is 16.6 Å². The van der Waals surface area contributed by atoms with Gasteiger partial charge in [0.2, 0.25) is 0 Å². The van der Waals surface area contributed by atoms with Gasteiger partial charge < -0.3 is 16.6 Å². The predicted molar refractivity (Wildman–Crippen MR) is 50.4 cm³/mol. The highest BCUT2D eigenvalue weighted by atomic mass is 19.1. The molecule has 7 heteroatoms. The third-order valence-corrected chi connectivity index (χ3v) is 1.57. The Morgan fingerprint density at radius 3 is 2.64 bits per heavy atom. The number of aliphatic imine (C=N–C) groups is 1. The van der Waals surface area contributed by atoms with Gasteiger partial charge in [0.15, 0.2) is 5.96 Å². The number of carboxylic acids is 1. The minimum atomic E-state index is -1.08. The number of carbonyl (C=O) groups is 1. The summed E-state index contributed by atoms with van der Waals surface area (Å²) in [6.45, 7) is -0.515. The van der Waals surface area contributed by atoms with Crippen molar-refractivity contribution in [2.45, 2.75) is 18.9 Å². The summed E-state index contributed by atoms with van der Waals surface area (Å²) >= 11 is 0. The van der Waals surface area contributed by atoms with Crippen LogP contribution in [0.4, 0.5) is 4.39 Å². The van der Waals surface area contributed by atoms with E-state index < -0.39 is 18.8 Å². The number of aliphatic carboxylic acids is 1. The van der Waals surface area contributed by atoms with Crippen molar-refractivity contribution in [3.05, 3.63) is 0 Å². The van der Waals surface area contributed by atoms with Gasteiger partial charge in [-0.1, -0.05) is 0 Å². The smallest absolute Gasteiger partial charge is 0.320 e. The van der Waals surface area contributed by atoms with Crippen molar-refractivity contribution in [3.8, 4) is 0 Å². The normalized spacial score (nSPS) is 12.1. The number of nitrogens with one attached hydrogen (secondary N) is 1. The van der Waals surface area contributed by atoms with Crippen LogP contribution in [0.15, 0.2) is 4.99 Å². The fraction of sp³-hybridized carbons (Fsp3) is 0.714.